The number of nitrogens with two attached hydrogens (primary N) is 1. The molecule has 0 saturated carbocycles. The van der Waals surface area contributed by atoms with E-state index in [1.165, 1.54) is 17.3 Å². The molecule has 4 heteroatoms. The molecule has 0 unspecified atom stereocenters. The summed E-state index contributed by atoms with van der Waals surface area (Å²) in [5.74, 6) is 0. The molecule has 0 radical (unpaired) electrons. The second kappa shape index (κ2) is 5.37. The van der Waals surface area contributed by atoms with E-state index in [-0.39, 0.29) is 0 Å². The van der Waals surface area contributed by atoms with E-state index in [1.54, 1.807) is 0 Å². The molecule has 0 heterocycles. The lowest BCUT2D eigenvalue weighted by molar-refractivity contribution is 0.405. The fourth-order valence-electron chi connectivity index (χ4n) is 1.79. The smallest absolute Gasteiger partial charge is 0.185 e. The zero-order valence-corrected chi connectivity index (χ0v) is 13.7. The SMILES string of the molecule is CO[Si](C)(C)CC[Si](C)(C)c1ccc(N)cc1. The third kappa shape index (κ3) is 4.29. The van der Waals surface area contributed by atoms with Crippen molar-refractivity contribution in [3.8, 4) is 0 Å². The standard InChI is InChI=1S/C13H25NOSi2/c1-15-17(4,5)11-10-16(2,3)13-8-6-12(14)7-9-13/h6-9H,10-11,14H2,1-5H3. The first kappa shape index (κ1) is 14.5. The summed E-state index contributed by atoms with van der Waals surface area (Å²) >= 11 is 0. The van der Waals surface area contributed by atoms with Crippen LogP contribution < -0.4 is 10.9 Å². The molecule has 0 aliphatic heterocycles. The number of hydrogen-bond donors (Lipinski definition) is 1. The van der Waals surface area contributed by atoms with Crippen molar-refractivity contribution in [2.75, 3.05) is 12.8 Å². The minimum absolute atomic E-state index is 0.852. The third-order valence-electron chi connectivity index (χ3n) is 3.60. The quantitative estimate of drug-likeness (QED) is 0.657. The summed E-state index contributed by atoms with van der Waals surface area (Å²) in [6.45, 7) is 9.44. The van der Waals surface area contributed by atoms with Crippen LogP contribution in [0.5, 0.6) is 0 Å². The van der Waals surface area contributed by atoms with Gasteiger partial charge in [0, 0.05) is 12.8 Å². The van der Waals surface area contributed by atoms with Gasteiger partial charge in [-0.2, -0.15) is 0 Å². The van der Waals surface area contributed by atoms with Gasteiger partial charge >= 0.3 is 0 Å². The van der Waals surface area contributed by atoms with Crippen molar-refractivity contribution < 1.29 is 4.43 Å². The Hall–Kier alpha value is -0.586. The summed E-state index contributed by atoms with van der Waals surface area (Å²) < 4.78 is 5.63. The average Bonchev–Trinajstić information content (AvgIpc) is 2.27. The Labute approximate surface area is 107 Å². The highest BCUT2D eigenvalue weighted by molar-refractivity contribution is 6.91. The molecule has 17 heavy (non-hydrogen) atoms. The molecule has 0 amide bonds. The maximum atomic E-state index is 5.74. The van der Waals surface area contributed by atoms with E-state index in [0.717, 1.165) is 5.69 Å². The zero-order chi connectivity index (χ0) is 13.1. The van der Waals surface area contributed by atoms with E-state index in [4.69, 9.17) is 10.2 Å². The van der Waals surface area contributed by atoms with Gasteiger partial charge in [-0.3, -0.25) is 0 Å². The van der Waals surface area contributed by atoms with E-state index in [0.29, 0.717) is 0 Å². The third-order valence-corrected chi connectivity index (χ3v) is 10.1. The molecule has 0 aliphatic rings. The maximum Gasteiger partial charge on any atom is 0.185 e. The molecule has 0 bridgehead atoms. The summed E-state index contributed by atoms with van der Waals surface area (Å²) in [5.41, 5.74) is 6.59. The highest BCUT2D eigenvalue weighted by atomic mass is 28.4. The Balaban J connectivity index is 2.71. The minimum atomic E-state index is -1.42. The Bertz CT molecular complexity index is 360. The first-order valence-electron chi connectivity index (χ1n) is 6.18. The van der Waals surface area contributed by atoms with Crippen LogP contribution in [0.3, 0.4) is 0 Å². The van der Waals surface area contributed by atoms with Crippen LogP contribution in [0.4, 0.5) is 5.69 Å². The van der Waals surface area contributed by atoms with Gasteiger partial charge in [-0.1, -0.05) is 36.5 Å². The van der Waals surface area contributed by atoms with E-state index in [2.05, 4.69) is 38.3 Å². The number of anilines is 1. The Morgan fingerprint density at radius 3 is 2.00 bits per heavy atom. The molecule has 0 aromatic heterocycles. The second-order valence-corrected chi connectivity index (χ2v) is 15.2. The monoisotopic (exact) mass is 267 g/mol. The maximum absolute atomic E-state index is 5.74. The Kier molecular flexibility index (Phi) is 4.57. The molecule has 96 valence electrons. The summed E-state index contributed by atoms with van der Waals surface area (Å²) in [6.07, 6.45) is 0. The van der Waals surface area contributed by atoms with Gasteiger partial charge < -0.3 is 10.2 Å². The normalized spacial score (nSPS) is 12.8. The van der Waals surface area contributed by atoms with Crippen LogP contribution in [-0.2, 0) is 4.43 Å². The second-order valence-electron chi connectivity index (χ2n) is 5.97. The van der Waals surface area contributed by atoms with E-state index in [1.807, 2.05) is 19.2 Å². The van der Waals surface area contributed by atoms with Gasteiger partial charge in [0.25, 0.3) is 0 Å². The molecule has 0 spiro atoms. The molecular weight excluding hydrogens is 242 g/mol. The molecular formula is C13H25NOSi2. The first-order valence-corrected chi connectivity index (χ1v) is 12.5. The topological polar surface area (TPSA) is 35.2 Å². The largest absolute Gasteiger partial charge is 0.420 e. The Morgan fingerprint density at radius 2 is 1.53 bits per heavy atom. The van der Waals surface area contributed by atoms with Crippen molar-refractivity contribution in [2.24, 2.45) is 0 Å². The molecule has 0 aliphatic carbocycles. The average molecular weight is 268 g/mol. The van der Waals surface area contributed by atoms with Crippen molar-refractivity contribution in [3.05, 3.63) is 24.3 Å². The lowest BCUT2D eigenvalue weighted by Crippen LogP contribution is -2.43. The molecule has 0 atom stereocenters. The molecule has 1 aromatic rings. The fourth-order valence-corrected chi connectivity index (χ4v) is 8.26. The number of nitrogen functional groups attached to an aromatic ring is 1. The highest BCUT2D eigenvalue weighted by Crippen LogP contribution is 2.21. The van der Waals surface area contributed by atoms with E-state index < -0.39 is 16.4 Å². The fraction of sp³-hybridized carbons (Fsp3) is 0.538. The van der Waals surface area contributed by atoms with E-state index in [9.17, 15) is 0 Å². The Morgan fingerprint density at radius 1 is 1.00 bits per heavy atom. The molecule has 0 fully saturated rings. The van der Waals surface area contributed by atoms with Gasteiger partial charge in [0.2, 0.25) is 0 Å². The van der Waals surface area contributed by atoms with Crippen LogP contribution in [0, 0.1) is 0 Å². The van der Waals surface area contributed by atoms with Crippen molar-refractivity contribution in [3.63, 3.8) is 0 Å². The summed E-state index contributed by atoms with van der Waals surface area (Å²) in [6, 6.07) is 11.0. The predicted molar refractivity (Wildman–Crippen MR) is 82.1 cm³/mol. The van der Waals surface area contributed by atoms with Gasteiger partial charge in [0.1, 0.15) is 0 Å². The van der Waals surface area contributed by atoms with Crippen molar-refractivity contribution in [1.82, 2.24) is 0 Å². The van der Waals surface area contributed by atoms with Crippen molar-refractivity contribution in [1.29, 1.82) is 0 Å². The molecule has 2 N–H and O–H groups in total. The number of benzene rings is 1. The summed E-state index contributed by atoms with van der Waals surface area (Å²) in [5, 5.41) is 1.49. The van der Waals surface area contributed by atoms with Crippen LogP contribution in [-0.4, -0.2) is 23.5 Å². The molecule has 1 rings (SSSR count). The number of hydrogen-bond acceptors (Lipinski definition) is 2. The predicted octanol–water partition coefficient (Wildman–Crippen LogP) is 3.04. The van der Waals surface area contributed by atoms with Crippen LogP contribution >= 0.6 is 0 Å². The van der Waals surface area contributed by atoms with Crippen LogP contribution in [0.1, 0.15) is 0 Å². The highest BCUT2D eigenvalue weighted by Gasteiger charge is 2.28. The van der Waals surface area contributed by atoms with Crippen molar-refractivity contribution in [2.45, 2.75) is 38.3 Å². The van der Waals surface area contributed by atoms with Gasteiger partial charge in [-0.15, -0.1) is 0 Å². The minimum Gasteiger partial charge on any atom is -0.420 e. The first-order chi connectivity index (χ1) is 7.77. The van der Waals surface area contributed by atoms with Gasteiger partial charge in [-0.25, -0.2) is 0 Å². The molecule has 1 aromatic carbocycles. The van der Waals surface area contributed by atoms with Crippen LogP contribution in [0.25, 0.3) is 0 Å². The summed E-state index contributed by atoms with van der Waals surface area (Å²) in [4.78, 5) is 0. The zero-order valence-electron chi connectivity index (χ0n) is 11.7. The molecule has 0 saturated heterocycles. The number of rotatable bonds is 5. The lowest BCUT2D eigenvalue weighted by atomic mass is 10.3. The van der Waals surface area contributed by atoms with Crippen LogP contribution in [0.15, 0.2) is 24.3 Å². The van der Waals surface area contributed by atoms with E-state index >= 15 is 0 Å². The summed E-state index contributed by atoms with van der Waals surface area (Å²) in [7, 11) is -0.899. The van der Waals surface area contributed by atoms with Crippen LogP contribution in [0.2, 0.25) is 38.3 Å². The van der Waals surface area contributed by atoms with Gasteiger partial charge in [0.15, 0.2) is 8.32 Å². The lowest BCUT2D eigenvalue weighted by Gasteiger charge is -2.28. The molecule has 2 nitrogen and oxygen atoms in total. The van der Waals surface area contributed by atoms with Gasteiger partial charge in [-0.05, 0) is 31.3 Å². The van der Waals surface area contributed by atoms with Crippen molar-refractivity contribution >= 4 is 27.3 Å². The van der Waals surface area contributed by atoms with Gasteiger partial charge in [0.05, 0.1) is 8.07 Å².